The Balaban J connectivity index is 0. The van der Waals surface area contributed by atoms with Gasteiger partial charge in [0.05, 0.1) is 6.61 Å². The first-order valence-corrected chi connectivity index (χ1v) is 4.12. The Morgan fingerprint density at radius 2 is 1.82 bits per heavy atom. The average molecular weight is 156 g/mol. The summed E-state index contributed by atoms with van der Waals surface area (Å²) in [6.45, 7) is 8.72. The summed E-state index contributed by atoms with van der Waals surface area (Å²) in [6, 6.07) is 0. The van der Waals surface area contributed by atoms with E-state index in [9.17, 15) is 0 Å². The smallest absolute Gasteiger partial charge is 0.0709 e. The first-order chi connectivity index (χ1) is 5.35. The summed E-state index contributed by atoms with van der Waals surface area (Å²) in [7, 11) is 1.70. The lowest BCUT2D eigenvalue weighted by atomic mass is 10.2. The third-order valence-corrected chi connectivity index (χ3v) is 1.06. The highest BCUT2D eigenvalue weighted by molar-refractivity contribution is 5.17. The maximum Gasteiger partial charge on any atom is 0.0709 e. The molecule has 0 saturated heterocycles. The fourth-order valence-electron chi connectivity index (χ4n) is 0.608. The summed E-state index contributed by atoms with van der Waals surface area (Å²) in [4.78, 5) is 0. The SMILES string of the molecule is C/C=C\C(=C/C)COC.CC. The molecule has 0 aromatic rings. The van der Waals surface area contributed by atoms with Gasteiger partial charge in [0.25, 0.3) is 0 Å². The van der Waals surface area contributed by atoms with E-state index in [4.69, 9.17) is 4.74 Å². The molecule has 0 radical (unpaired) electrons. The van der Waals surface area contributed by atoms with E-state index < -0.39 is 0 Å². The molecule has 0 aromatic carbocycles. The molecule has 0 atom stereocenters. The molecule has 0 aliphatic rings. The van der Waals surface area contributed by atoms with Crippen LogP contribution in [-0.2, 0) is 4.74 Å². The van der Waals surface area contributed by atoms with Gasteiger partial charge in [-0.05, 0) is 19.4 Å². The van der Waals surface area contributed by atoms with Gasteiger partial charge in [0.15, 0.2) is 0 Å². The summed E-state index contributed by atoms with van der Waals surface area (Å²) in [5.74, 6) is 0. The molecule has 0 rings (SSSR count). The molecule has 11 heavy (non-hydrogen) atoms. The second-order valence-corrected chi connectivity index (χ2v) is 1.80. The van der Waals surface area contributed by atoms with Gasteiger partial charge in [-0.25, -0.2) is 0 Å². The van der Waals surface area contributed by atoms with Crippen LogP contribution in [-0.4, -0.2) is 13.7 Å². The van der Waals surface area contributed by atoms with Crippen LogP contribution in [0.3, 0.4) is 0 Å². The minimum atomic E-state index is 0.709. The van der Waals surface area contributed by atoms with Crippen molar-refractivity contribution in [2.75, 3.05) is 13.7 Å². The topological polar surface area (TPSA) is 9.23 Å². The quantitative estimate of drug-likeness (QED) is 0.570. The number of allylic oxidation sites excluding steroid dienone is 2. The van der Waals surface area contributed by atoms with Crippen molar-refractivity contribution >= 4 is 0 Å². The van der Waals surface area contributed by atoms with E-state index in [0.29, 0.717) is 6.61 Å². The number of hydrogen-bond donors (Lipinski definition) is 0. The minimum absolute atomic E-state index is 0.709. The summed E-state index contributed by atoms with van der Waals surface area (Å²) < 4.78 is 4.93. The molecule has 1 nitrogen and oxygen atoms in total. The minimum Gasteiger partial charge on any atom is -0.380 e. The van der Waals surface area contributed by atoms with Crippen LogP contribution in [0, 0.1) is 0 Å². The summed E-state index contributed by atoms with van der Waals surface area (Å²) >= 11 is 0. The highest BCUT2D eigenvalue weighted by Gasteiger charge is 1.84. The summed E-state index contributed by atoms with van der Waals surface area (Å²) in [6.07, 6.45) is 6.10. The van der Waals surface area contributed by atoms with Crippen LogP contribution in [0.1, 0.15) is 27.7 Å². The molecule has 0 unspecified atom stereocenters. The summed E-state index contributed by atoms with van der Waals surface area (Å²) in [5, 5.41) is 0. The van der Waals surface area contributed by atoms with Crippen molar-refractivity contribution < 1.29 is 4.74 Å². The van der Waals surface area contributed by atoms with E-state index in [0.717, 1.165) is 0 Å². The molecule has 0 spiro atoms. The van der Waals surface area contributed by atoms with E-state index in [2.05, 4.69) is 0 Å². The van der Waals surface area contributed by atoms with E-state index in [1.54, 1.807) is 7.11 Å². The Bertz CT molecular complexity index is 112. The zero-order valence-electron chi connectivity index (χ0n) is 8.35. The Hall–Kier alpha value is -0.560. The van der Waals surface area contributed by atoms with Gasteiger partial charge >= 0.3 is 0 Å². The molecular formula is C10H20O. The number of rotatable bonds is 3. The molecule has 1 heteroatoms. The van der Waals surface area contributed by atoms with Gasteiger partial charge in [0, 0.05) is 7.11 Å². The molecule has 66 valence electrons. The molecule has 0 aliphatic carbocycles. The molecule has 0 aliphatic heterocycles. The predicted molar refractivity (Wildman–Crippen MR) is 51.8 cm³/mol. The van der Waals surface area contributed by atoms with Crippen LogP contribution in [0.4, 0.5) is 0 Å². The molecule has 0 N–H and O–H groups in total. The van der Waals surface area contributed by atoms with Crippen molar-refractivity contribution in [3.63, 3.8) is 0 Å². The Labute approximate surface area is 70.8 Å². The Kier molecular flexibility index (Phi) is 14.4. The number of hydrogen-bond acceptors (Lipinski definition) is 1. The normalized spacial score (nSPS) is 11.2. The van der Waals surface area contributed by atoms with Crippen LogP contribution in [0.15, 0.2) is 23.8 Å². The van der Waals surface area contributed by atoms with Gasteiger partial charge in [0.1, 0.15) is 0 Å². The number of ether oxygens (including phenoxy) is 1. The molecule has 0 saturated carbocycles. The molecule has 0 bridgehead atoms. The molecule has 0 fully saturated rings. The lowest BCUT2D eigenvalue weighted by Gasteiger charge is -1.96. The van der Waals surface area contributed by atoms with Crippen molar-refractivity contribution in [1.29, 1.82) is 0 Å². The highest BCUT2D eigenvalue weighted by Crippen LogP contribution is 1.95. The summed E-state index contributed by atoms with van der Waals surface area (Å²) in [5.41, 5.74) is 1.22. The molecule has 0 amide bonds. The van der Waals surface area contributed by atoms with E-state index >= 15 is 0 Å². The van der Waals surface area contributed by atoms with Gasteiger partial charge < -0.3 is 4.74 Å². The van der Waals surface area contributed by atoms with E-state index in [1.165, 1.54) is 5.57 Å². The van der Waals surface area contributed by atoms with Crippen LogP contribution in [0.2, 0.25) is 0 Å². The van der Waals surface area contributed by atoms with Crippen molar-refractivity contribution in [1.82, 2.24) is 0 Å². The maximum absolute atomic E-state index is 4.93. The first-order valence-electron chi connectivity index (χ1n) is 4.12. The molecule has 0 aromatic heterocycles. The van der Waals surface area contributed by atoms with Gasteiger partial charge in [-0.3, -0.25) is 0 Å². The van der Waals surface area contributed by atoms with Gasteiger partial charge in [-0.2, -0.15) is 0 Å². The van der Waals surface area contributed by atoms with Crippen molar-refractivity contribution in [2.24, 2.45) is 0 Å². The molecular weight excluding hydrogens is 136 g/mol. The Morgan fingerprint density at radius 1 is 1.27 bits per heavy atom. The lowest BCUT2D eigenvalue weighted by molar-refractivity contribution is 0.228. The first kappa shape index (κ1) is 13.1. The monoisotopic (exact) mass is 156 g/mol. The zero-order chi connectivity index (χ0) is 9.11. The highest BCUT2D eigenvalue weighted by atomic mass is 16.5. The van der Waals surface area contributed by atoms with Crippen molar-refractivity contribution in [2.45, 2.75) is 27.7 Å². The average Bonchev–Trinajstić information content (AvgIpc) is 2.08. The van der Waals surface area contributed by atoms with Crippen molar-refractivity contribution in [3.05, 3.63) is 23.8 Å². The number of methoxy groups -OCH3 is 1. The fraction of sp³-hybridized carbons (Fsp3) is 0.600. The van der Waals surface area contributed by atoms with Crippen LogP contribution >= 0.6 is 0 Å². The van der Waals surface area contributed by atoms with Gasteiger partial charge in [0.2, 0.25) is 0 Å². The lowest BCUT2D eigenvalue weighted by Crippen LogP contribution is -1.89. The van der Waals surface area contributed by atoms with Crippen LogP contribution in [0.25, 0.3) is 0 Å². The van der Waals surface area contributed by atoms with Crippen LogP contribution in [0.5, 0.6) is 0 Å². The zero-order valence-corrected chi connectivity index (χ0v) is 8.35. The standard InChI is InChI=1S/C8H14O.C2H6/c1-4-6-8(5-2)7-9-3;1-2/h4-6H,7H2,1-3H3;1-2H3/b6-4-,8-5+;. The van der Waals surface area contributed by atoms with Crippen molar-refractivity contribution in [3.8, 4) is 0 Å². The van der Waals surface area contributed by atoms with E-state index in [1.807, 2.05) is 45.9 Å². The van der Waals surface area contributed by atoms with Gasteiger partial charge in [-0.15, -0.1) is 0 Å². The third-order valence-electron chi connectivity index (χ3n) is 1.06. The maximum atomic E-state index is 4.93. The van der Waals surface area contributed by atoms with E-state index in [-0.39, 0.29) is 0 Å². The second-order valence-electron chi connectivity index (χ2n) is 1.80. The molecule has 0 heterocycles. The van der Waals surface area contributed by atoms with Gasteiger partial charge in [-0.1, -0.05) is 32.1 Å². The fourth-order valence-corrected chi connectivity index (χ4v) is 0.608. The largest absolute Gasteiger partial charge is 0.380 e. The predicted octanol–water partition coefficient (Wildman–Crippen LogP) is 3.18. The third kappa shape index (κ3) is 9.44. The second kappa shape index (κ2) is 12.1. The van der Waals surface area contributed by atoms with Crippen LogP contribution < -0.4 is 0 Å². The Morgan fingerprint density at radius 3 is 2.09 bits per heavy atom.